The molecule has 0 spiro atoms. The third-order valence-electron chi connectivity index (χ3n) is 4.42. The average Bonchev–Trinajstić information content (AvgIpc) is 2.65. The lowest BCUT2D eigenvalue weighted by molar-refractivity contribution is -0.131. The summed E-state index contributed by atoms with van der Waals surface area (Å²) < 4.78 is 7.65. The fourth-order valence-corrected chi connectivity index (χ4v) is 3.01. The van der Waals surface area contributed by atoms with E-state index in [0.717, 1.165) is 29.9 Å². The number of nitrogens with zero attached hydrogens (tertiary/aromatic N) is 2. The molecule has 0 radical (unpaired) electrons. The Balaban J connectivity index is 1.93. The van der Waals surface area contributed by atoms with Crippen LogP contribution in [-0.2, 0) is 16.6 Å². The number of aromatic nitrogens is 2. The van der Waals surface area contributed by atoms with Gasteiger partial charge in [0.2, 0.25) is 0 Å². The molecule has 1 aliphatic carbocycles. The van der Waals surface area contributed by atoms with Crippen LogP contribution in [0.15, 0.2) is 0 Å². The molecule has 1 fully saturated rings. The molecule has 3 unspecified atom stereocenters. The molecule has 1 amide bonds. The highest BCUT2D eigenvalue weighted by atomic mass is 16.5. The first-order chi connectivity index (χ1) is 9.88. The average molecular weight is 293 g/mol. The van der Waals surface area contributed by atoms with E-state index in [0.29, 0.717) is 5.92 Å². The zero-order chi connectivity index (χ0) is 15.6. The Morgan fingerprint density at radius 1 is 1.43 bits per heavy atom. The summed E-state index contributed by atoms with van der Waals surface area (Å²) in [5, 5.41) is 7.25. The van der Waals surface area contributed by atoms with Crippen LogP contribution in [0.3, 0.4) is 0 Å². The third kappa shape index (κ3) is 3.84. The molecule has 1 saturated carbocycles. The van der Waals surface area contributed by atoms with Crippen molar-refractivity contribution < 1.29 is 9.53 Å². The minimum Gasteiger partial charge on any atom is -0.365 e. The van der Waals surface area contributed by atoms with Gasteiger partial charge in [-0.15, -0.1) is 0 Å². The highest BCUT2D eigenvalue weighted by molar-refractivity contribution is 5.93. The SMILES string of the molecule is Cc1nn(C)c(NC(=O)C(C)OC2CCCC(C)C2)c1C. The van der Waals surface area contributed by atoms with Gasteiger partial charge >= 0.3 is 0 Å². The molecule has 21 heavy (non-hydrogen) atoms. The van der Waals surface area contributed by atoms with E-state index in [1.807, 2.05) is 27.8 Å². The van der Waals surface area contributed by atoms with E-state index in [1.54, 1.807) is 4.68 Å². The van der Waals surface area contributed by atoms with Crippen molar-refractivity contribution in [2.24, 2.45) is 13.0 Å². The standard InChI is InChI=1S/C16H27N3O2/c1-10-7-6-8-14(9-10)21-13(4)16(20)17-15-11(2)12(3)18-19(15)5/h10,13-14H,6-9H2,1-5H3,(H,17,20). The number of carbonyl (C=O) groups excluding carboxylic acids is 1. The lowest BCUT2D eigenvalue weighted by Gasteiger charge is -2.29. The molecule has 118 valence electrons. The summed E-state index contributed by atoms with van der Waals surface area (Å²) in [5.41, 5.74) is 1.94. The number of hydrogen-bond donors (Lipinski definition) is 1. The molecular weight excluding hydrogens is 266 g/mol. The van der Waals surface area contributed by atoms with Gasteiger partial charge in [0.05, 0.1) is 11.8 Å². The van der Waals surface area contributed by atoms with E-state index in [2.05, 4.69) is 17.3 Å². The van der Waals surface area contributed by atoms with Gasteiger partial charge < -0.3 is 10.1 Å². The lowest BCUT2D eigenvalue weighted by atomic mass is 9.88. The molecule has 0 aliphatic heterocycles. The van der Waals surface area contributed by atoms with Gasteiger partial charge in [-0.3, -0.25) is 9.48 Å². The van der Waals surface area contributed by atoms with Crippen molar-refractivity contribution >= 4 is 11.7 Å². The first-order valence-electron chi connectivity index (χ1n) is 7.85. The van der Waals surface area contributed by atoms with E-state index >= 15 is 0 Å². The second-order valence-corrected chi connectivity index (χ2v) is 6.34. The van der Waals surface area contributed by atoms with Gasteiger partial charge in [0.25, 0.3) is 5.91 Å². The predicted molar refractivity (Wildman–Crippen MR) is 83.3 cm³/mol. The van der Waals surface area contributed by atoms with Crippen LogP contribution < -0.4 is 5.32 Å². The molecule has 1 heterocycles. The number of aryl methyl sites for hydroxylation is 2. The van der Waals surface area contributed by atoms with Gasteiger partial charge in [-0.25, -0.2) is 0 Å². The molecule has 1 N–H and O–H groups in total. The number of rotatable bonds is 4. The number of carbonyl (C=O) groups is 1. The molecule has 5 heteroatoms. The van der Waals surface area contributed by atoms with Gasteiger partial charge in [0.15, 0.2) is 0 Å². The second kappa shape index (κ2) is 6.60. The number of nitrogens with one attached hydrogen (secondary N) is 1. The van der Waals surface area contributed by atoms with Gasteiger partial charge in [0.1, 0.15) is 11.9 Å². The van der Waals surface area contributed by atoms with E-state index in [4.69, 9.17) is 4.74 Å². The van der Waals surface area contributed by atoms with Crippen LogP contribution >= 0.6 is 0 Å². The van der Waals surface area contributed by atoms with Crippen molar-refractivity contribution in [1.82, 2.24) is 9.78 Å². The molecule has 1 aromatic rings. The lowest BCUT2D eigenvalue weighted by Crippen LogP contribution is -2.34. The molecule has 1 aliphatic rings. The van der Waals surface area contributed by atoms with Crippen molar-refractivity contribution in [3.05, 3.63) is 11.3 Å². The summed E-state index contributed by atoms with van der Waals surface area (Å²) in [4.78, 5) is 12.3. The minimum atomic E-state index is -0.435. The van der Waals surface area contributed by atoms with Crippen LogP contribution in [0.4, 0.5) is 5.82 Å². The molecular formula is C16H27N3O2. The number of anilines is 1. The van der Waals surface area contributed by atoms with Crippen LogP contribution in [0, 0.1) is 19.8 Å². The maximum absolute atomic E-state index is 12.3. The van der Waals surface area contributed by atoms with E-state index in [-0.39, 0.29) is 12.0 Å². The summed E-state index contributed by atoms with van der Waals surface area (Å²) in [6.07, 6.45) is 4.36. The van der Waals surface area contributed by atoms with Crippen molar-refractivity contribution in [3.63, 3.8) is 0 Å². The van der Waals surface area contributed by atoms with E-state index in [1.165, 1.54) is 12.8 Å². The van der Waals surface area contributed by atoms with Crippen molar-refractivity contribution in [2.75, 3.05) is 5.32 Å². The minimum absolute atomic E-state index is 0.0978. The second-order valence-electron chi connectivity index (χ2n) is 6.34. The summed E-state index contributed by atoms with van der Waals surface area (Å²) in [6, 6.07) is 0. The number of ether oxygens (including phenoxy) is 1. The molecule has 5 nitrogen and oxygen atoms in total. The van der Waals surface area contributed by atoms with Crippen LogP contribution in [0.25, 0.3) is 0 Å². The smallest absolute Gasteiger partial charge is 0.254 e. The first-order valence-corrected chi connectivity index (χ1v) is 7.85. The van der Waals surface area contributed by atoms with E-state index in [9.17, 15) is 4.79 Å². The molecule has 0 saturated heterocycles. The van der Waals surface area contributed by atoms with Gasteiger partial charge in [-0.1, -0.05) is 19.8 Å². The Kier molecular flexibility index (Phi) is 5.04. The quantitative estimate of drug-likeness (QED) is 0.928. The number of amides is 1. The van der Waals surface area contributed by atoms with Crippen LogP contribution in [0.1, 0.15) is 50.8 Å². The number of hydrogen-bond acceptors (Lipinski definition) is 3. The van der Waals surface area contributed by atoms with Crippen molar-refractivity contribution in [1.29, 1.82) is 0 Å². The Hall–Kier alpha value is -1.36. The highest BCUT2D eigenvalue weighted by Gasteiger charge is 2.25. The fraction of sp³-hybridized carbons (Fsp3) is 0.750. The maximum atomic E-state index is 12.3. The Morgan fingerprint density at radius 3 is 2.71 bits per heavy atom. The molecule has 0 aromatic carbocycles. The Labute approximate surface area is 127 Å². The van der Waals surface area contributed by atoms with Crippen molar-refractivity contribution in [2.45, 2.75) is 65.6 Å². The molecule has 3 atom stereocenters. The molecule has 1 aromatic heterocycles. The van der Waals surface area contributed by atoms with Crippen LogP contribution in [-0.4, -0.2) is 27.9 Å². The van der Waals surface area contributed by atoms with Crippen LogP contribution in [0.2, 0.25) is 0 Å². The Morgan fingerprint density at radius 2 is 2.14 bits per heavy atom. The van der Waals surface area contributed by atoms with Gasteiger partial charge in [-0.05, 0) is 39.5 Å². The molecule has 2 rings (SSSR count). The largest absolute Gasteiger partial charge is 0.365 e. The normalized spacial score (nSPS) is 23.9. The van der Waals surface area contributed by atoms with Crippen LogP contribution in [0.5, 0.6) is 0 Å². The van der Waals surface area contributed by atoms with E-state index < -0.39 is 6.10 Å². The summed E-state index contributed by atoms with van der Waals surface area (Å²) >= 11 is 0. The summed E-state index contributed by atoms with van der Waals surface area (Å²) in [5.74, 6) is 1.35. The van der Waals surface area contributed by atoms with Gasteiger partial charge in [-0.2, -0.15) is 5.10 Å². The van der Waals surface area contributed by atoms with Crippen molar-refractivity contribution in [3.8, 4) is 0 Å². The topological polar surface area (TPSA) is 56.2 Å². The third-order valence-corrected chi connectivity index (χ3v) is 4.42. The monoisotopic (exact) mass is 293 g/mol. The van der Waals surface area contributed by atoms with Gasteiger partial charge in [0, 0.05) is 12.6 Å². The fourth-order valence-electron chi connectivity index (χ4n) is 3.01. The maximum Gasteiger partial charge on any atom is 0.254 e. The molecule has 0 bridgehead atoms. The zero-order valence-electron chi connectivity index (χ0n) is 13.8. The Bertz CT molecular complexity index is 510. The highest BCUT2D eigenvalue weighted by Crippen LogP contribution is 2.26. The summed E-state index contributed by atoms with van der Waals surface area (Å²) in [6.45, 7) is 7.98. The summed E-state index contributed by atoms with van der Waals surface area (Å²) in [7, 11) is 1.84. The zero-order valence-corrected chi connectivity index (χ0v) is 13.8. The predicted octanol–water partition coefficient (Wildman–Crippen LogP) is 2.96. The first kappa shape index (κ1) is 16.0.